The van der Waals surface area contributed by atoms with Crippen molar-refractivity contribution in [3.63, 3.8) is 0 Å². The number of furan rings is 1. The molecule has 0 aromatic carbocycles. The normalized spacial score (nSPS) is 12.7. The van der Waals surface area contributed by atoms with E-state index in [0.717, 1.165) is 22.6 Å². The van der Waals surface area contributed by atoms with Crippen molar-refractivity contribution in [3.8, 4) is 0 Å². The molecule has 0 amide bonds. The Morgan fingerprint density at radius 1 is 1.38 bits per heavy atom. The molecule has 0 saturated heterocycles. The topological polar surface area (TPSA) is 70.7 Å². The Hall–Kier alpha value is -2.32. The van der Waals surface area contributed by atoms with Gasteiger partial charge in [-0.3, -0.25) is 15.3 Å². The van der Waals surface area contributed by atoms with Crippen molar-refractivity contribution in [2.75, 3.05) is 23.8 Å². The van der Waals surface area contributed by atoms with Crippen LogP contribution in [0, 0.1) is 0 Å². The average Bonchev–Trinajstić information content (AvgIpc) is 3.23. The molecule has 0 aliphatic rings. The van der Waals surface area contributed by atoms with E-state index in [4.69, 9.17) is 4.42 Å². The van der Waals surface area contributed by atoms with Crippen LogP contribution >= 0.6 is 23.5 Å². The first kappa shape index (κ1) is 27.7. The first-order valence-corrected chi connectivity index (χ1v) is 12.4. The van der Waals surface area contributed by atoms with Gasteiger partial charge >= 0.3 is 0 Å². The molecule has 32 heavy (non-hydrogen) atoms. The van der Waals surface area contributed by atoms with E-state index in [1.807, 2.05) is 37.0 Å². The number of aliphatic hydroxyl groups excluding tert-OH is 1. The molecular weight excluding hydrogens is 438 g/mol. The fraction of sp³-hybridized carbons (Fsp3) is 0.280. The van der Waals surface area contributed by atoms with Crippen LogP contribution in [0.1, 0.15) is 25.8 Å². The molecule has 0 spiro atoms. The summed E-state index contributed by atoms with van der Waals surface area (Å²) in [5, 5.41) is 14.1. The lowest BCUT2D eigenvalue weighted by molar-refractivity contribution is 0.119. The summed E-state index contributed by atoms with van der Waals surface area (Å²) in [6, 6.07) is 3.63. The van der Waals surface area contributed by atoms with Crippen LogP contribution in [0.5, 0.6) is 0 Å². The van der Waals surface area contributed by atoms with Crippen molar-refractivity contribution in [1.29, 1.82) is 0 Å². The molecule has 2 rings (SSSR count). The second kappa shape index (κ2) is 17.3. The van der Waals surface area contributed by atoms with Crippen molar-refractivity contribution in [3.05, 3.63) is 91.0 Å². The minimum atomic E-state index is -0.924. The van der Waals surface area contributed by atoms with Crippen molar-refractivity contribution < 1.29 is 9.52 Å². The van der Waals surface area contributed by atoms with Crippen molar-refractivity contribution in [2.24, 2.45) is 4.99 Å². The number of aromatic nitrogens is 1. The number of hydrogen-bond donors (Lipinski definition) is 2. The number of nitrogens with one attached hydrogen (secondary N) is 1. The van der Waals surface area contributed by atoms with Gasteiger partial charge in [0.2, 0.25) is 0 Å². The van der Waals surface area contributed by atoms with Gasteiger partial charge in [-0.2, -0.15) is 11.8 Å². The van der Waals surface area contributed by atoms with Gasteiger partial charge < -0.3 is 9.52 Å². The van der Waals surface area contributed by atoms with Crippen LogP contribution in [0.3, 0.4) is 0 Å². The second-order valence-electron chi connectivity index (χ2n) is 6.30. The fourth-order valence-electron chi connectivity index (χ4n) is 2.33. The Bertz CT molecular complexity index is 899. The Kier molecular flexibility index (Phi) is 14.9. The molecule has 2 aromatic heterocycles. The standard InChI is InChI=1S/C22H27N3O2S2.C3H6/c1-4-6-7-19(29-5-2)9-12-28-13-11-24-17(3)15-25-22(26)20-14-18-8-10-23-16-21(18)27-20;1-3-2/h4,6-11,14,16,22,25-26H,1,3,5,12-13,15H2,2H3;3H,1H2,2H3/b7-6-,19-9+,24-11?;. The van der Waals surface area contributed by atoms with E-state index in [0.29, 0.717) is 23.6 Å². The maximum atomic E-state index is 10.2. The summed E-state index contributed by atoms with van der Waals surface area (Å²) >= 11 is 3.59. The second-order valence-corrected chi connectivity index (χ2v) is 8.72. The molecule has 0 aliphatic heterocycles. The minimum absolute atomic E-state index is 0.362. The molecule has 2 aromatic rings. The summed E-state index contributed by atoms with van der Waals surface area (Å²) in [4.78, 5) is 9.58. The molecule has 1 unspecified atom stereocenters. The van der Waals surface area contributed by atoms with Crippen LogP contribution in [-0.4, -0.2) is 40.1 Å². The SMILES string of the molecule is C=C/C=C\C(=C/CSCC=NC(=C)CNC(O)c1cc2ccncc2o1)SCC.C=CC. The third-order valence-corrected chi connectivity index (χ3v) is 5.40. The lowest BCUT2D eigenvalue weighted by Crippen LogP contribution is -2.22. The van der Waals surface area contributed by atoms with Gasteiger partial charge in [-0.15, -0.1) is 18.3 Å². The zero-order valence-corrected chi connectivity index (χ0v) is 20.5. The van der Waals surface area contributed by atoms with Gasteiger partial charge in [0.15, 0.2) is 11.8 Å². The number of nitrogens with zero attached hydrogens (tertiary/aromatic N) is 2. The largest absolute Gasteiger partial charge is 0.455 e. The summed E-state index contributed by atoms with van der Waals surface area (Å²) in [7, 11) is 0. The number of pyridine rings is 1. The molecule has 172 valence electrons. The predicted molar refractivity (Wildman–Crippen MR) is 143 cm³/mol. The zero-order chi connectivity index (χ0) is 23.6. The molecule has 0 aliphatic carbocycles. The molecule has 2 N–H and O–H groups in total. The van der Waals surface area contributed by atoms with Gasteiger partial charge in [0.1, 0.15) is 5.76 Å². The minimum Gasteiger partial charge on any atom is -0.455 e. The number of aliphatic imine (C=N–C) groups is 1. The van der Waals surface area contributed by atoms with E-state index in [2.05, 4.69) is 54.1 Å². The fourth-order valence-corrected chi connectivity index (χ4v) is 3.76. The zero-order valence-electron chi connectivity index (χ0n) is 18.9. The number of allylic oxidation sites excluding steroid dienone is 4. The Morgan fingerprint density at radius 2 is 2.16 bits per heavy atom. The molecule has 1 atom stereocenters. The number of fused-ring (bicyclic) bond motifs is 1. The maximum Gasteiger partial charge on any atom is 0.164 e. The molecular formula is C25H33N3O2S2. The summed E-state index contributed by atoms with van der Waals surface area (Å²) in [5.41, 5.74) is 1.29. The van der Waals surface area contributed by atoms with Crippen LogP contribution in [-0.2, 0) is 0 Å². The third-order valence-electron chi connectivity index (χ3n) is 3.69. The first-order valence-electron chi connectivity index (χ1n) is 10.3. The van der Waals surface area contributed by atoms with E-state index in [1.54, 1.807) is 42.4 Å². The van der Waals surface area contributed by atoms with E-state index >= 15 is 0 Å². The third kappa shape index (κ3) is 11.3. The van der Waals surface area contributed by atoms with Gasteiger partial charge in [0, 0.05) is 46.5 Å². The summed E-state index contributed by atoms with van der Waals surface area (Å²) in [6.07, 6.45) is 14.0. The van der Waals surface area contributed by atoms with Crippen LogP contribution in [0.4, 0.5) is 0 Å². The molecule has 0 fully saturated rings. The first-order chi connectivity index (χ1) is 15.5. The van der Waals surface area contributed by atoms with E-state index in [9.17, 15) is 5.11 Å². The number of rotatable bonds is 13. The molecule has 5 nitrogen and oxygen atoms in total. The molecule has 0 saturated carbocycles. The number of aliphatic hydroxyl groups is 1. The highest BCUT2D eigenvalue weighted by atomic mass is 32.2. The van der Waals surface area contributed by atoms with Crippen LogP contribution in [0.25, 0.3) is 11.0 Å². The van der Waals surface area contributed by atoms with Crippen LogP contribution in [0.2, 0.25) is 0 Å². The van der Waals surface area contributed by atoms with Crippen molar-refractivity contribution in [2.45, 2.75) is 20.1 Å². The highest BCUT2D eigenvalue weighted by Crippen LogP contribution is 2.22. The van der Waals surface area contributed by atoms with E-state index in [-0.39, 0.29) is 0 Å². The number of hydrogen-bond acceptors (Lipinski definition) is 7. The van der Waals surface area contributed by atoms with E-state index < -0.39 is 6.23 Å². The highest BCUT2D eigenvalue weighted by molar-refractivity contribution is 8.03. The van der Waals surface area contributed by atoms with Gasteiger partial charge in [-0.25, -0.2) is 0 Å². The highest BCUT2D eigenvalue weighted by Gasteiger charge is 2.12. The Labute approximate surface area is 200 Å². The monoisotopic (exact) mass is 471 g/mol. The van der Waals surface area contributed by atoms with Crippen molar-refractivity contribution >= 4 is 40.7 Å². The van der Waals surface area contributed by atoms with Gasteiger partial charge in [0.25, 0.3) is 0 Å². The predicted octanol–water partition coefficient (Wildman–Crippen LogP) is 6.30. The molecule has 0 bridgehead atoms. The van der Waals surface area contributed by atoms with Gasteiger partial charge in [-0.05, 0) is 30.9 Å². The lowest BCUT2D eigenvalue weighted by atomic mass is 10.3. The lowest BCUT2D eigenvalue weighted by Gasteiger charge is -2.09. The quantitative estimate of drug-likeness (QED) is 0.117. The number of thioether (sulfide) groups is 2. The van der Waals surface area contributed by atoms with Gasteiger partial charge in [0.05, 0.1) is 6.20 Å². The molecule has 7 heteroatoms. The average molecular weight is 472 g/mol. The Balaban J connectivity index is 0.00000161. The summed E-state index contributed by atoms with van der Waals surface area (Å²) < 4.78 is 5.58. The summed E-state index contributed by atoms with van der Waals surface area (Å²) in [6.45, 7) is 15.4. The molecule has 0 radical (unpaired) electrons. The van der Waals surface area contributed by atoms with Crippen LogP contribution in [0.15, 0.2) is 94.7 Å². The maximum absolute atomic E-state index is 10.2. The van der Waals surface area contributed by atoms with Crippen molar-refractivity contribution in [1.82, 2.24) is 10.3 Å². The molecule has 2 heterocycles. The van der Waals surface area contributed by atoms with Crippen LogP contribution < -0.4 is 5.32 Å². The van der Waals surface area contributed by atoms with E-state index in [1.165, 1.54) is 4.91 Å². The Morgan fingerprint density at radius 3 is 2.84 bits per heavy atom. The summed E-state index contributed by atoms with van der Waals surface area (Å²) in [5.74, 6) is 3.20. The smallest absolute Gasteiger partial charge is 0.164 e. The van der Waals surface area contributed by atoms with Gasteiger partial charge in [-0.1, -0.05) is 44.4 Å².